The van der Waals surface area contributed by atoms with Crippen LogP contribution in [0.1, 0.15) is 0 Å². The lowest BCUT2D eigenvalue weighted by Gasteiger charge is -2.08. The normalized spacial score (nSPS) is 10.2. The summed E-state index contributed by atoms with van der Waals surface area (Å²) in [5.41, 5.74) is 0.962. The van der Waals surface area contributed by atoms with E-state index in [1.165, 1.54) is 6.33 Å². The number of rotatable bonds is 2. The van der Waals surface area contributed by atoms with Crippen molar-refractivity contribution in [3.8, 4) is 0 Å². The fraction of sp³-hybridized carbons (Fsp3) is 0. The number of benzene rings is 1. The molecule has 16 heavy (non-hydrogen) atoms. The maximum absolute atomic E-state index is 5.88. The second-order valence-electron chi connectivity index (χ2n) is 2.97. The second-order valence-corrected chi connectivity index (χ2v) is 5.42. The van der Waals surface area contributed by atoms with Gasteiger partial charge in [0, 0.05) is 14.8 Å². The number of hydrogen-bond acceptors (Lipinski definition) is 3. The lowest BCUT2D eigenvalue weighted by Crippen LogP contribution is -1.96. The summed E-state index contributed by atoms with van der Waals surface area (Å²) in [4.78, 5) is 8.03. The quantitative estimate of drug-likeness (QED) is 0.753. The first-order chi connectivity index (χ1) is 7.66. The number of aromatic nitrogens is 2. The number of nitrogens with one attached hydrogen (secondary N) is 1. The van der Waals surface area contributed by atoms with E-state index >= 15 is 0 Å². The minimum absolute atomic E-state index is 0.719. The molecule has 0 aliphatic heterocycles. The highest BCUT2D eigenvalue weighted by Gasteiger charge is 2.04. The minimum atomic E-state index is 0.719. The van der Waals surface area contributed by atoms with E-state index < -0.39 is 0 Å². The van der Waals surface area contributed by atoms with Gasteiger partial charge in [0.15, 0.2) is 0 Å². The Morgan fingerprint density at radius 3 is 2.88 bits per heavy atom. The van der Waals surface area contributed by atoms with E-state index in [4.69, 9.17) is 11.6 Å². The van der Waals surface area contributed by atoms with Crippen molar-refractivity contribution in [1.29, 1.82) is 0 Å². The molecule has 0 aliphatic carbocycles. The highest BCUT2D eigenvalue weighted by molar-refractivity contribution is 14.1. The van der Waals surface area contributed by atoms with Gasteiger partial charge in [-0.3, -0.25) is 0 Å². The molecule has 6 heteroatoms. The summed E-state index contributed by atoms with van der Waals surface area (Å²) in [6.45, 7) is 0. The molecular weight excluding hydrogens is 404 g/mol. The van der Waals surface area contributed by atoms with Gasteiger partial charge in [-0.1, -0.05) is 11.6 Å². The molecule has 1 heterocycles. The fourth-order valence-corrected chi connectivity index (χ4v) is 2.45. The molecule has 0 amide bonds. The molecule has 2 aromatic rings. The van der Waals surface area contributed by atoms with Crippen LogP contribution in [0.25, 0.3) is 0 Å². The monoisotopic (exact) mass is 409 g/mol. The van der Waals surface area contributed by atoms with Gasteiger partial charge < -0.3 is 5.32 Å². The first-order valence-corrected chi connectivity index (χ1v) is 6.59. The van der Waals surface area contributed by atoms with Crippen LogP contribution < -0.4 is 5.32 Å². The van der Waals surface area contributed by atoms with Crippen molar-refractivity contribution in [2.45, 2.75) is 0 Å². The van der Waals surface area contributed by atoms with Crippen molar-refractivity contribution in [1.82, 2.24) is 9.97 Å². The second kappa shape index (κ2) is 5.29. The molecule has 0 fully saturated rings. The van der Waals surface area contributed by atoms with Gasteiger partial charge in [-0.2, -0.15) is 0 Å². The number of anilines is 2. The standard InChI is InChI=1S/C10H6BrClIN3/c11-7-4-14-5-15-10(7)16-9-2-1-6(12)3-8(9)13/h1-5H,(H,14,15,16). The summed E-state index contributed by atoms with van der Waals surface area (Å²) in [6, 6.07) is 5.64. The Morgan fingerprint density at radius 2 is 2.19 bits per heavy atom. The summed E-state index contributed by atoms with van der Waals surface area (Å²) in [5.74, 6) is 0.732. The van der Waals surface area contributed by atoms with Crippen molar-refractivity contribution in [3.63, 3.8) is 0 Å². The van der Waals surface area contributed by atoms with Crippen molar-refractivity contribution in [2.24, 2.45) is 0 Å². The SMILES string of the molecule is Clc1ccc(Nc2ncncc2Br)c(I)c1. The molecule has 0 atom stereocenters. The highest BCUT2D eigenvalue weighted by atomic mass is 127. The Labute approximate surface area is 120 Å². The Morgan fingerprint density at radius 1 is 1.38 bits per heavy atom. The minimum Gasteiger partial charge on any atom is -0.338 e. The van der Waals surface area contributed by atoms with Crippen LogP contribution in [0.3, 0.4) is 0 Å². The van der Waals surface area contributed by atoms with Gasteiger partial charge in [0.2, 0.25) is 0 Å². The van der Waals surface area contributed by atoms with Gasteiger partial charge in [-0.25, -0.2) is 9.97 Å². The van der Waals surface area contributed by atoms with E-state index in [1.54, 1.807) is 6.20 Å². The molecule has 82 valence electrons. The average molecular weight is 410 g/mol. The molecule has 1 aromatic heterocycles. The van der Waals surface area contributed by atoms with Crippen molar-refractivity contribution >= 4 is 61.6 Å². The summed E-state index contributed by atoms with van der Waals surface area (Å²) in [5, 5.41) is 3.92. The van der Waals surface area contributed by atoms with Crippen molar-refractivity contribution in [2.75, 3.05) is 5.32 Å². The Kier molecular flexibility index (Phi) is 3.99. The third-order valence-electron chi connectivity index (χ3n) is 1.85. The zero-order valence-corrected chi connectivity index (χ0v) is 12.4. The predicted octanol–water partition coefficient (Wildman–Crippen LogP) is 4.24. The maximum atomic E-state index is 5.88. The molecule has 0 radical (unpaired) electrons. The first-order valence-electron chi connectivity index (χ1n) is 4.34. The third kappa shape index (κ3) is 2.83. The van der Waals surface area contributed by atoms with Gasteiger partial charge in [0.1, 0.15) is 12.1 Å². The zero-order valence-electron chi connectivity index (χ0n) is 7.92. The van der Waals surface area contributed by atoms with Crippen LogP contribution in [-0.4, -0.2) is 9.97 Å². The molecule has 3 nitrogen and oxygen atoms in total. The summed E-state index contributed by atoms with van der Waals surface area (Å²) >= 11 is 11.5. The molecule has 2 rings (SSSR count). The van der Waals surface area contributed by atoms with Gasteiger partial charge >= 0.3 is 0 Å². The number of halogens is 3. The lowest BCUT2D eigenvalue weighted by atomic mass is 10.3. The summed E-state index contributed by atoms with van der Waals surface area (Å²) < 4.78 is 1.86. The van der Waals surface area contributed by atoms with Crippen LogP contribution in [0.4, 0.5) is 11.5 Å². The van der Waals surface area contributed by atoms with Crippen LogP contribution in [0, 0.1) is 3.57 Å². The molecule has 0 saturated carbocycles. The van der Waals surface area contributed by atoms with Crippen molar-refractivity contribution in [3.05, 3.63) is 43.8 Å². The van der Waals surface area contributed by atoms with E-state index in [1.807, 2.05) is 18.2 Å². The van der Waals surface area contributed by atoms with Crippen molar-refractivity contribution < 1.29 is 0 Å². The maximum Gasteiger partial charge on any atom is 0.148 e. The summed E-state index contributed by atoms with van der Waals surface area (Å²) in [7, 11) is 0. The summed E-state index contributed by atoms with van der Waals surface area (Å²) in [6.07, 6.45) is 3.19. The number of hydrogen-bond donors (Lipinski definition) is 1. The Hall–Kier alpha value is -0.400. The van der Waals surface area contributed by atoms with Crippen LogP contribution >= 0.6 is 50.1 Å². The van der Waals surface area contributed by atoms with Gasteiger partial charge in [-0.15, -0.1) is 0 Å². The molecule has 0 spiro atoms. The predicted molar refractivity (Wildman–Crippen MR) is 77.2 cm³/mol. The van der Waals surface area contributed by atoms with E-state index in [0.717, 1.165) is 24.6 Å². The van der Waals surface area contributed by atoms with Crippen LogP contribution in [-0.2, 0) is 0 Å². The molecule has 0 unspecified atom stereocenters. The average Bonchev–Trinajstić information content (AvgIpc) is 2.25. The molecular formula is C10H6BrClIN3. The molecule has 0 aliphatic rings. The van der Waals surface area contributed by atoms with Gasteiger partial charge in [0.25, 0.3) is 0 Å². The smallest absolute Gasteiger partial charge is 0.148 e. The van der Waals surface area contributed by atoms with Crippen LogP contribution in [0.2, 0.25) is 5.02 Å². The van der Waals surface area contributed by atoms with E-state index in [9.17, 15) is 0 Å². The van der Waals surface area contributed by atoms with E-state index in [2.05, 4.69) is 53.8 Å². The van der Waals surface area contributed by atoms with Crippen LogP contribution in [0.5, 0.6) is 0 Å². The molecule has 0 saturated heterocycles. The van der Waals surface area contributed by atoms with Gasteiger partial charge in [-0.05, 0) is 56.7 Å². The Bertz CT molecular complexity index is 521. The third-order valence-corrected chi connectivity index (χ3v) is 3.56. The topological polar surface area (TPSA) is 37.8 Å². The van der Waals surface area contributed by atoms with Gasteiger partial charge in [0.05, 0.1) is 10.2 Å². The van der Waals surface area contributed by atoms with Crippen LogP contribution in [0.15, 0.2) is 35.2 Å². The zero-order chi connectivity index (χ0) is 11.5. The fourth-order valence-electron chi connectivity index (χ4n) is 1.12. The highest BCUT2D eigenvalue weighted by Crippen LogP contribution is 2.27. The first kappa shape index (κ1) is 12.1. The van der Waals surface area contributed by atoms with E-state index in [-0.39, 0.29) is 0 Å². The molecule has 1 aromatic carbocycles. The largest absolute Gasteiger partial charge is 0.338 e. The molecule has 0 bridgehead atoms. The number of nitrogens with zero attached hydrogens (tertiary/aromatic N) is 2. The lowest BCUT2D eigenvalue weighted by molar-refractivity contribution is 1.15. The molecule has 1 N–H and O–H groups in total. The van der Waals surface area contributed by atoms with E-state index in [0.29, 0.717) is 0 Å². The Balaban J connectivity index is 2.31.